The second-order valence-corrected chi connectivity index (χ2v) is 11.2. The molecule has 0 bridgehead atoms. The number of phenols is 1. The molecule has 2 aromatic carbocycles. The first kappa shape index (κ1) is 28.5. The second-order valence-electron chi connectivity index (χ2n) is 11.2. The molecule has 0 aromatic heterocycles. The molecule has 2 aromatic rings. The number of carbonyl (C=O) groups excluding carboxylic acids is 3. The van der Waals surface area contributed by atoms with Gasteiger partial charge in [-0.05, 0) is 31.1 Å². The highest BCUT2D eigenvalue weighted by molar-refractivity contribution is 6.24. The molecule has 3 aliphatic carbocycles. The minimum atomic E-state index is -2.94. The van der Waals surface area contributed by atoms with Gasteiger partial charge in [-0.25, -0.2) is 0 Å². The third-order valence-electron chi connectivity index (χ3n) is 8.70. The van der Waals surface area contributed by atoms with E-state index in [4.69, 9.17) is 5.73 Å². The van der Waals surface area contributed by atoms with Gasteiger partial charge in [-0.1, -0.05) is 49.4 Å². The normalized spacial score (nSPS) is 29.4. The van der Waals surface area contributed by atoms with Crippen LogP contribution in [0.1, 0.15) is 35.1 Å². The maximum atomic E-state index is 14.1. The van der Waals surface area contributed by atoms with Crippen LogP contribution in [-0.2, 0) is 27.5 Å². The summed E-state index contributed by atoms with van der Waals surface area (Å²) in [5, 5.41) is 60.3. The smallest absolute Gasteiger partial charge is 0.255 e. The Morgan fingerprint density at radius 3 is 2.32 bits per heavy atom. The second kappa shape index (κ2) is 10.1. The number of ketones is 2. The summed E-state index contributed by atoms with van der Waals surface area (Å²) in [6.45, 7) is 2.44. The first-order chi connectivity index (χ1) is 19.3. The zero-order chi connectivity index (χ0) is 30.0. The minimum Gasteiger partial charge on any atom is -0.508 e. The van der Waals surface area contributed by atoms with Crippen molar-refractivity contribution in [3.8, 4) is 5.75 Å². The monoisotopic (exact) mass is 563 g/mol. The topological polar surface area (TPSA) is 194 Å². The van der Waals surface area contributed by atoms with Crippen LogP contribution in [0.15, 0.2) is 59.4 Å². The lowest BCUT2D eigenvalue weighted by Gasteiger charge is -2.53. The number of hydrogen-bond donors (Lipinski definition) is 7. The third kappa shape index (κ3) is 4.07. The Morgan fingerprint density at radius 2 is 1.71 bits per heavy atom. The van der Waals surface area contributed by atoms with Crippen LogP contribution in [-0.4, -0.2) is 79.7 Å². The molecule has 0 unspecified atom stereocenters. The van der Waals surface area contributed by atoms with Crippen molar-refractivity contribution in [2.45, 2.75) is 43.7 Å². The molecule has 41 heavy (non-hydrogen) atoms. The number of benzene rings is 2. The summed E-state index contributed by atoms with van der Waals surface area (Å²) in [6.07, 6.45) is -1.62. The van der Waals surface area contributed by atoms with Gasteiger partial charge in [0.05, 0.1) is 23.6 Å². The highest BCUT2D eigenvalue weighted by Gasteiger charge is 2.68. The standard InChI is InChI=1S/C30H33N3O8/c1-13-16-10-9-15(12-32-11-14-7-5-4-6-8-14)23(34)18(16)24(35)19-17(13)25(36)21-22(33(2)3)26(37)20(29(31)40)28(39)30(21,41)27(19)38/h4-10,13,17,21-22,25,32,34-36,39,41H,11-12H2,1-3H3,(H2,31,40)/t13-,17+,21+,22-,25-,30-/m0/s1. The molecule has 8 N–H and O–H groups in total. The Hall–Kier alpha value is -4.03. The zero-order valence-corrected chi connectivity index (χ0v) is 22.8. The van der Waals surface area contributed by atoms with Crippen molar-refractivity contribution in [3.63, 3.8) is 0 Å². The average molecular weight is 564 g/mol. The number of primary amides is 1. The molecule has 0 heterocycles. The quantitative estimate of drug-likeness (QED) is 0.247. The van der Waals surface area contributed by atoms with Gasteiger partial charge < -0.3 is 36.6 Å². The molecule has 0 radical (unpaired) electrons. The lowest BCUT2D eigenvalue weighted by molar-refractivity contribution is -0.169. The van der Waals surface area contributed by atoms with Crippen LogP contribution < -0.4 is 11.1 Å². The third-order valence-corrected chi connectivity index (χ3v) is 8.70. The van der Waals surface area contributed by atoms with Crippen LogP contribution >= 0.6 is 0 Å². The number of amides is 1. The van der Waals surface area contributed by atoms with Crippen molar-refractivity contribution in [2.75, 3.05) is 14.1 Å². The average Bonchev–Trinajstić information content (AvgIpc) is 2.92. The fraction of sp³-hybridized carbons (Fsp3) is 0.367. The van der Waals surface area contributed by atoms with E-state index < -0.39 is 75.6 Å². The molecule has 216 valence electrons. The fourth-order valence-electron chi connectivity index (χ4n) is 6.74. The van der Waals surface area contributed by atoms with Crippen molar-refractivity contribution in [2.24, 2.45) is 17.6 Å². The van der Waals surface area contributed by atoms with E-state index in [1.54, 1.807) is 19.1 Å². The first-order valence-corrected chi connectivity index (χ1v) is 13.3. The summed E-state index contributed by atoms with van der Waals surface area (Å²) in [5.41, 5.74) is 2.95. The first-order valence-electron chi connectivity index (χ1n) is 13.3. The van der Waals surface area contributed by atoms with Gasteiger partial charge in [0.25, 0.3) is 5.91 Å². The van der Waals surface area contributed by atoms with Crippen LogP contribution in [0.3, 0.4) is 0 Å². The molecule has 6 atom stereocenters. The number of likely N-dealkylation sites (N-methyl/N-ethyl adjacent to an activating group) is 1. The number of nitrogens with one attached hydrogen (secondary N) is 1. The molecule has 1 fully saturated rings. The summed E-state index contributed by atoms with van der Waals surface area (Å²) >= 11 is 0. The minimum absolute atomic E-state index is 0.0278. The van der Waals surface area contributed by atoms with E-state index in [0.29, 0.717) is 17.7 Å². The number of hydrogen-bond acceptors (Lipinski definition) is 10. The number of rotatable bonds is 6. The highest BCUT2D eigenvalue weighted by atomic mass is 16.4. The Balaban J connectivity index is 1.62. The molecule has 0 spiro atoms. The van der Waals surface area contributed by atoms with Gasteiger partial charge in [-0.3, -0.25) is 19.3 Å². The SMILES string of the molecule is C[C@H]1c2ccc(CNCc3ccccc3)c(O)c2C(O)=C2C(=O)[C@]3(O)C(O)=C(C(N)=O)C(=O)[C@@H](N(C)C)[C@@H]3[C@@H](O)[C@@H]21. The Labute approximate surface area is 236 Å². The number of phenolic OH excluding ortho intramolecular Hbond substituents is 1. The Bertz CT molecular complexity index is 1520. The van der Waals surface area contributed by atoms with Gasteiger partial charge in [0, 0.05) is 30.1 Å². The summed E-state index contributed by atoms with van der Waals surface area (Å²) in [7, 11) is 2.93. The largest absolute Gasteiger partial charge is 0.508 e. The van der Waals surface area contributed by atoms with E-state index in [-0.39, 0.29) is 17.9 Å². The number of aliphatic hydroxyl groups is 4. The zero-order valence-electron chi connectivity index (χ0n) is 22.8. The van der Waals surface area contributed by atoms with Gasteiger partial charge in [0.1, 0.15) is 22.8 Å². The molecule has 1 saturated carbocycles. The summed E-state index contributed by atoms with van der Waals surface area (Å²) in [6, 6.07) is 11.6. The highest BCUT2D eigenvalue weighted by Crippen LogP contribution is 2.56. The predicted molar refractivity (Wildman–Crippen MR) is 147 cm³/mol. The van der Waals surface area contributed by atoms with Gasteiger partial charge in [0.2, 0.25) is 5.78 Å². The number of Topliss-reactive ketones (excluding diaryl/α,β-unsaturated/α-hetero) is 2. The van der Waals surface area contributed by atoms with E-state index in [0.717, 1.165) is 5.56 Å². The van der Waals surface area contributed by atoms with Crippen molar-refractivity contribution in [1.82, 2.24) is 10.2 Å². The predicted octanol–water partition coefficient (Wildman–Crippen LogP) is 0.786. The van der Waals surface area contributed by atoms with Crippen molar-refractivity contribution in [3.05, 3.63) is 81.6 Å². The Kier molecular flexibility index (Phi) is 7.03. The summed E-state index contributed by atoms with van der Waals surface area (Å²) < 4.78 is 0. The van der Waals surface area contributed by atoms with Crippen LogP contribution in [0, 0.1) is 11.8 Å². The lowest BCUT2D eigenvalue weighted by Crippen LogP contribution is -2.70. The Morgan fingerprint density at radius 1 is 1.05 bits per heavy atom. The van der Waals surface area contributed by atoms with Gasteiger partial charge >= 0.3 is 0 Å². The van der Waals surface area contributed by atoms with E-state index in [9.17, 15) is 39.9 Å². The van der Waals surface area contributed by atoms with Crippen LogP contribution in [0.5, 0.6) is 5.75 Å². The number of nitrogens with two attached hydrogens (primary N) is 1. The van der Waals surface area contributed by atoms with Crippen molar-refractivity contribution >= 4 is 23.2 Å². The number of nitrogens with zero attached hydrogens (tertiary/aromatic N) is 1. The van der Waals surface area contributed by atoms with Gasteiger partial charge in [-0.2, -0.15) is 0 Å². The van der Waals surface area contributed by atoms with E-state index in [1.807, 2.05) is 30.3 Å². The van der Waals surface area contributed by atoms with Crippen LogP contribution in [0.2, 0.25) is 0 Å². The van der Waals surface area contributed by atoms with Gasteiger partial charge in [-0.15, -0.1) is 0 Å². The summed E-state index contributed by atoms with van der Waals surface area (Å²) in [5.74, 6) is -9.00. The number of carbonyl (C=O) groups is 3. The lowest BCUT2D eigenvalue weighted by atomic mass is 9.54. The molecule has 11 heteroatoms. The van der Waals surface area contributed by atoms with Crippen LogP contribution in [0.4, 0.5) is 0 Å². The molecular formula is C30H33N3O8. The van der Waals surface area contributed by atoms with E-state index in [2.05, 4.69) is 5.32 Å². The molecule has 5 rings (SSSR count). The molecule has 11 nitrogen and oxygen atoms in total. The number of aliphatic hydroxyl groups excluding tert-OH is 3. The molecule has 3 aliphatic rings. The van der Waals surface area contributed by atoms with E-state index >= 15 is 0 Å². The fourth-order valence-corrected chi connectivity index (χ4v) is 6.74. The van der Waals surface area contributed by atoms with Crippen molar-refractivity contribution in [1.29, 1.82) is 0 Å². The molecular weight excluding hydrogens is 530 g/mol. The molecule has 1 amide bonds. The maximum absolute atomic E-state index is 14.1. The number of fused-ring (bicyclic) bond motifs is 3. The molecule has 0 aliphatic heterocycles. The van der Waals surface area contributed by atoms with E-state index in [1.165, 1.54) is 19.0 Å². The van der Waals surface area contributed by atoms with Gasteiger partial charge in [0.15, 0.2) is 11.4 Å². The van der Waals surface area contributed by atoms with Crippen LogP contribution in [0.25, 0.3) is 5.76 Å². The summed E-state index contributed by atoms with van der Waals surface area (Å²) in [4.78, 5) is 40.8. The number of aromatic hydroxyl groups is 1. The molecule has 0 saturated heterocycles. The maximum Gasteiger partial charge on any atom is 0.255 e. The van der Waals surface area contributed by atoms with Crippen molar-refractivity contribution < 1.29 is 39.9 Å².